The van der Waals surface area contributed by atoms with Crippen LogP contribution in [0.1, 0.15) is 23.2 Å². The quantitative estimate of drug-likeness (QED) is 0.757. The molecule has 4 nitrogen and oxygen atoms in total. The Labute approximate surface area is 88.0 Å². The number of Topliss-reactive ketones (excluding diaryl/α,β-unsaturated/α-hetero) is 1. The SMILES string of the molecule is NCCCC(=O)c1ccc2c(c1)OCO2. The summed E-state index contributed by atoms with van der Waals surface area (Å²) in [6, 6.07) is 5.24. The minimum atomic E-state index is 0.0961. The van der Waals surface area contributed by atoms with Crippen molar-refractivity contribution in [2.24, 2.45) is 5.73 Å². The number of ketones is 1. The molecule has 0 aliphatic carbocycles. The number of carbonyl (C=O) groups excluding carboxylic acids is 1. The summed E-state index contributed by atoms with van der Waals surface area (Å²) in [4.78, 5) is 11.7. The first kappa shape index (κ1) is 9.98. The Morgan fingerprint density at radius 2 is 2.13 bits per heavy atom. The van der Waals surface area contributed by atoms with Gasteiger partial charge in [-0.2, -0.15) is 0 Å². The molecule has 0 aromatic heterocycles. The smallest absolute Gasteiger partial charge is 0.231 e. The van der Waals surface area contributed by atoms with Crippen LogP contribution in [-0.4, -0.2) is 19.1 Å². The molecule has 1 aliphatic heterocycles. The van der Waals surface area contributed by atoms with Crippen LogP contribution in [0.3, 0.4) is 0 Å². The van der Waals surface area contributed by atoms with E-state index in [0.717, 1.165) is 0 Å². The molecule has 2 N–H and O–H groups in total. The average molecular weight is 207 g/mol. The van der Waals surface area contributed by atoms with E-state index < -0.39 is 0 Å². The van der Waals surface area contributed by atoms with Crippen molar-refractivity contribution >= 4 is 5.78 Å². The van der Waals surface area contributed by atoms with E-state index >= 15 is 0 Å². The summed E-state index contributed by atoms with van der Waals surface area (Å²) in [6.45, 7) is 0.770. The second-order valence-electron chi connectivity index (χ2n) is 3.38. The average Bonchev–Trinajstić information content (AvgIpc) is 2.72. The molecule has 80 valence electrons. The third kappa shape index (κ3) is 2.10. The Hall–Kier alpha value is -1.55. The van der Waals surface area contributed by atoms with Gasteiger partial charge in [-0.15, -0.1) is 0 Å². The number of rotatable bonds is 4. The van der Waals surface area contributed by atoms with E-state index in [1.54, 1.807) is 18.2 Å². The summed E-state index contributed by atoms with van der Waals surface area (Å²) < 4.78 is 10.4. The Morgan fingerprint density at radius 1 is 1.33 bits per heavy atom. The highest BCUT2D eigenvalue weighted by Crippen LogP contribution is 2.32. The highest BCUT2D eigenvalue weighted by atomic mass is 16.7. The van der Waals surface area contributed by atoms with Crippen molar-refractivity contribution in [1.29, 1.82) is 0 Å². The first-order valence-corrected chi connectivity index (χ1v) is 4.94. The van der Waals surface area contributed by atoms with Gasteiger partial charge < -0.3 is 15.2 Å². The Bertz CT molecular complexity index is 376. The molecule has 1 aromatic rings. The summed E-state index contributed by atoms with van der Waals surface area (Å²) in [5, 5.41) is 0. The predicted molar refractivity (Wildman–Crippen MR) is 55.2 cm³/mol. The first-order chi connectivity index (χ1) is 7.31. The number of benzene rings is 1. The Kier molecular flexibility index (Phi) is 2.87. The van der Waals surface area contributed by atoms with Crippen LogP contribution in [-0.2, 0) is 0 Å². The summed E-state index contributed by atoms with van der Waals surface area (Å²) in [7, 11) is 0. The van der Waals surface area contributed by atoms with E-state index in [4.69, 9.17) is 15.2 Å². The standard InChI is InChI=1S/C11H13NO3/c12-5-1-2-9(13)8-3-4-10-11(6-8)15-7-14-10/h3-4,6H,1-2,5,7,12H2. The molecule has 0 spiro atoms. The summed E-state index contributed by atoms with van der Waals surface area (Å²) in [6.07, 6.45) is 1.20. The fraction of sp³-hybridized carbons (Fsp3) is 0.364. The fourth-order valence-electron chi connectivity index (χ4n) is 1.48. The Balaban J connectivity index is 2.12. The second-order valence-corrected chi connectivity index (χ2v) is 3.38. The van der Waals surface area contributed by atoms with Gasteiger partial charge in [-0.25, -0.2) is 0 Å². The summed E-state index contributed by atoms with van der Waals surface area (Å²) in [5.41, 5.74) is 6.01. The molecule has 0 saturated heterocycles. The van der Waals surface area contributed by atoms with Gasteiger partial charge in [0.15, 0.2) is 17.3 Å². The predicted octanol–water partition coefficient (Wildman–Crippen LogP) is 1.34. The van der Waals surface area contributed by atoms with Gasteiger partial charge in [0, 0.05) is 12.0 Å². The van der Waals surface area contributed by atoms with Crippen LogP contribution < -0.4 is 15.2 Å². The normalized spacial score (nSPS) is 12.9. The van der Waals surface area contributed by atoms with E-state index in [2.05, 4.69) is 0 Å². The van der Waals surface area contributed by atoms with Crippen LogP contribution in [0.15, 0.2) is 18.2 Å². The van der Waals surface area contributed by atoms with Crippen LogP contribution in [0, 0.1) is 0 Å². The number of hydrogen-bond donors (Lipinski definition) is 1. The van der Waals surface area contributed by atoms with Crippen LogP contribution in [0.2, 0.25) is 0 Å². The molecule has 1 aromatic carbocycles. The summed E-state index contributed by atoms with van der Waals surface area (Å²) in [5.74, 6) is 1.44. The molecule has 4 heteroatoms. The highest BCUT2D eigenvalue weighted by molar-refractivity contribution is 5.96. The molecular formula is C11H13NO3. The highest BCUT2D eigenvalue weighted by Gasteiger charge is 2.15. The van der Waals surface area contributed by atoms with E-state index in [0.29, 0.717) is 36.4 Å². The van der Waals surface area contributed by atoms with Gasteiger partial charge in [-0.3, -0.25) is 4.79 Å². The molecule has 0 fully saturated rings. The maximum absolute atomic E-state index is 11.7. The molecule has 1 aliphatic rings. The number of carbonyl (C=O) groups is 1. The lowest BCUT2D eigenvalue weighted by atomic mass is 10.1. The Morgan fingerprint density at radius 3 is 2.93 bits per heavy atom. The number of nitrogens with two attached hydrogens (primary N) is 1. The van der Waals surface area contributed by atoms with Gasteiger partial charge >= 0.3 is 0 Å². The van der Waals surface area contributed by atoms with Gasteiger partial charge in [-0.1, -0.05) is 0 Å². The third-order valence-electron chi connectivity index (χ3n) is 2.30. The van der Waals surface area contributed by atoms with E-state index in [-0.39, 0.29) is 12.6 Å². The molecule has 0 radical (unpaired) electrons. The van der Waals surface area contributed by atoms with Crippen molar-refractivity contribution in [3.63, 3.8) is 0 Å². The number of fused-ring (bicyclic) bond motifs is 1. The van der Waals surface area contributed by atoms with Crippen molar-refractivity contribution < 1.29 is 14.3 Å². The number of hydrogen-bond acceptors (Lipinski definition) is 4. The van der Waals surface area contributed by atoms with Gasteiger partial charge in [0.05, 0.1) is 0 Å². The zero-order valence-electron chi connectivity index (χ0n) is 8.36. The lowest BCUT2D eigenvalue weighted by Gasteiger charge is -2.01. The molecule has 0 unspecified atom stereocenters. The molecule has 0 atom stereocenters. The van der Waals surface area contributed by atoms with E-state index in [1.165, 1.54) is 0 Å². The van der Waals surface area contributed by atoms with Crippen molar-refractivity contribution in [1.82, 2.24) is 0 Å². The lowest BCUT2D eigenvalue weighted by molar-refractivity contribution is 0.0980. The van der Waals surface area contributed by atoms with Crippen molar-refractivity contribution in [3.8, 4) is 11.5 Å². The molecule has 2 rings (SSSR count). The summed E-state index contributed by atoms with van der Waals surface area (Å²) >= 11 is 0. The minimum Gasteiger partial charge on any atom is -0.454 e. The molecular weight excluding hydrogens is 194 g/mol. The maximum atomic E-state index is 11.7. The van der Waals surface area contributed by atoms with Gasteiger partial charge in [-0.05, 0) is 31.2 Å². The molecule has 0 saturated carbocycles. The van der Waals surface area contributed by atoms with E-state index in [1.807, 2.05) is 0 Å². The van der Waals surface area contributed by atoms with Crippen molar-refractivity contribution in [2.45, 2.75) is 12.8 Å². The minimum absolute atomic E-state index is 0.0961. The topological polar surface area (TPSA) is 61.6 Å². The van der Waals surface area contributed by atoms with Gasteiger partial charge in [0.1, 0.15) is 0 Å². The van der Waals surface area contributed by atoms with Crippen molar-refractivity contribution in [2.75, 3.05) is 13.3 Å². The van der Waals surface area contributed by atoms with Gasteiger partial charge in [0.25, 0.3) is 0 Å². The second kappa shape index (κ2) is 4.31. The van der Waals surface area contributed by atoms with Crippen LogP contribution in [0.25, 0.3) is 0 Å². The zero-order chi connectivity index (χ0) is 10.7. The molecule has 0 bridgehead atoms. The largest absolute Gasteiger partial charge is 0.454 e. The molecule has 1 heterocycles. The van der Waals surface area contributed by atoms with Crippen molar-refractivity contribution in [3.05, 3.63) is 23.8 Å². The molecule has 15 heavy (non-hydrogen) atoms. The third-order valence-corrected chi connectivity index (χ3v) is 2.30. The fourth-order valence-corrected chi connectivity index (χ4v) is 1.48. The maximum Gasteiger partial charge on any atom is 0.231 e. The lowest BCUT2D eigenvalue weighted by Crippen LogP contribution is -2.04. The number of ether oxygens (including phenoxy) is 2. The zero-order valence-corrected chi connectivity index (χ0v) is 8.36. The van der Waals surface area contributed by atoms with E-state index in [9.17, 15) is 4.79 Å². The molecule has 0 amide bonds. The van der Waals surface area contributed by atoms with Gasteiger partial charge in [0.2, 0.25) is 6.79 Å². The van der Waals surface area contributed by atoms with Crippen LogP contribution in [0.4, 0.5) is 0 Å². The monoisotopic (exact) mass is 207 g/mol. The first-order valence-electron chi connectivity index (χ1n) is 4.94. The van der Waals surface area contributed by atoms with Crippen LogP contribution in [0.5, 0.6) is 11.5 Å². The van der Waals surface area contributed by atoms with Crippen LogP contribution >= 0.6 is 0 Å².